The molecule has 1 aromatic heterocycles. The van der Waals surface area contributed by atoms with Gasteiger partial charge in [-0.1, -0.05) is 42.5 Å². The maximum absolute atomic E-state index is 13.3. The molecule has 160 valence electrons. The SMILES string of the molecule is CCOc1ccc([C@@H](NC(=O)[C@H]2CCCN(c3cnccn3)C2)c2ccccc2)cc1. The van der Waals surface area contributed by atoms with E-state index in [1.54, 1.807) is 18.6 Å². The van der Waals surface area contributed by atoms with Gasteiger partial charge in [0.15, 0.2) is 0 Å². The molecule has 31 heavy (non-hydrogen) atoms. The summed E-state index contributed by atoms with van der Waals surface area (Å²) in [6.07, 6.45) is 6.93. The van der Waals surface area contributed by atoms with Gasteiger partial charge in [-0.15, -0.1) is 0 Å². The Kier molecular flexibility index (Phi) is 6.77. The van der Waals surface area contributed by atoms with Crippen molar-refractivity contribution in [1.82, 2.24) is 15.3 Å². The fraction of sp³-hybridized carbons (Fsp3) is 0.320. The van der Waals surface area contributed by atoms with Crippen molar-refractivity contribution >= 4 is 11.7 Å². The van der Waals surface area contributed by atoms with Gasteiger partial charge in [0.1, 0.15) is 11.6 Å². The standard InChI is InChI=1S/C25H28N4O2/c1-2-31-22-12-10-20(11-13-22)24(19-7-4-3-5-8-19)28-25(30)21-9-6-16-29(18-21)23-17-26-14-15-27-23/h3-5,7-8,10-15,17,21,24H,2,6,9,16,18H2,1H3,(H,28,30)/t21-,24-/m0/s1. The number of piperidine rings is 1. The van der Waals surface area contributed by atoms with E-state index in [0.717, 1.165) is 42.1 Å². The van der Waals surface area contributed by atoms with Crippen LogP contribution in [-0.2, 0) is 4.79 Å². The Balaban J connectivity index is 1.51. The molecule has 1 fully saturated rings. The number of carbonyl (C=O) groups is 1. The van der Waals surface area contributed by atoms with Crippen LogP contribution >= 0.6 is 0 Å². The molecule has 6 heteroatoms. The minimum absolute atomic E-state index is 0.0660. The largest absolute Gasteiger partial charge is 0.494 e. The minimum Gasteiger partial charge on any atom is -0.494 e. The fourth-order valence-corrected chi connectivity index (χ4v) is 4.04. The van der Waals surface area contributed by atoms with Crippen LogP contribution < -0.4 is 15.0 Å². The van der Waals surface area contributed by atoms with Crippen molar-refractivity contribution in [3.8, 4) is 5.75 Å². The van der Waals surface area contributed by atoms with E-state index in [-0.39, 0.29) is 17.9 Å². The molecule has 0 spiro atoms. The molecule has 1 saturated heterocycles. The molecule has 1 N–H and O–H groups in total. The smallest absolute Gasteiger partial charge is 0.225 e. The highest BCUT2D eigenvalue weighted by Crippen LogP contribution is 2.27. The third-order valence-electron chi connectivity index (χ3n) is 5.61. The lowest BCUT2D eigenvalue weighted by Crippen LogP contribution is -2.44. The van der Waals surface area contributed by atoms with Gasteiger partial charge in [0.2, 0.25) is 5.91 Å². The Labute approximate surface area is 183 Å². The van der Waals surface area contributed by atoms with Gasteiger partial charge in [0.25, 0.3) is 0 Å². The lowest BCUT2D eigenvalue weighted by atomic mass is 9.94. The van der Waals surface area contributed by atoms with Gasteiger partial charge >= 0.3 is 0 Å². The Hall–Kier alpha value is -3.41. The number of aromatic nitrogens is 2. The van der Waals surface area contributed by atoms with Gasteiger partial charge in [0, 0.05) is 25.5 Å². The summed E-state index contributed by atoms with van der Waals surface area (Å²) in [5.74, 6) is 1.63. The Morgan fingerprint density at radius 1 is 1.13 bits per heavy atom. The van der Waals surface area contributed by atoms with Gasteiger partial charge < -0.3 is 15.0 Å². The van der Waals surface area contributed by atoms with E-state index >= 15 is 0 Å². The fourth-order valence-electron chi connectivity index (χ4n) is 4.04. The monoisotopic (exact) mass is 416 g/mol. The lowest BCUT2D eigenvalue weighted by molar-refractivity contribution is -0.125. The molecular weight excluding hydrogens is 388 g/mol. The molecule has 0 bridgehead atoms. The molecule has 1 aliphatic heterocycles. The molecule has 2 atom stereocenters. The van der Waals surface area contributed by atoms with Crippen LogP contribution in [0.4, 0.5) is 5.82 Å². The lowest BCUT2D eigenvalue weighted by Gasteiger charge is -2.33. The van der Waals surface area contributed by atoms with Gasteiger partial charge in [0.05, 0.1) is 24.8 Å². The molecule has 0 radical (unpaired) electrons. The van der Waals surface area contributed by atoms with Gasteiger partial charge in [-0.05, 0) is 43.0 Å². The summed E-state index contributed by atoms with van der Waals surface area (Å²) in [6, 6.07) is 17.8. The Bertz CT molecular complexity index is 964. The van der Waals surface area contributed by atoms with E-state index < -0.39 is 0 Å². The average molecular weight is 417 g/mol. The third kappa shape index (κ3) is 5.20. The molecule has 2 heterocycles. The van der Waals surface area contributed by atoms with Crippen LogP contribution in [0.2, 0.25) is 0 Å². The summed E-state index contributed by atoms with van der Waals surface area (Å²) in [4.78, 5) is 24.0. The number of nitrogens with zero attached hydrogens (tertiary/aromatic N) is 3. The van der Waals surface area contributed by atoms with Gasteiger partial charge in [-0.3, -0.25) is 9.78 Å². The van der Waals surface area contributed by atoms with Crippen LogP contribution in [0.1, 0.15) is 36.9 Å². The van der Waals surface area contributed by atoms with Crippen LogP contribution in [0.3, 0.4) is 0 Å². The first-order valence-corrected chi connectivity index (χ1v) is 10.8. The summed E-state index contributed by atoms with van der Waals surface area (Å²) in [6.45, 7) is 4.14. The number of ether oxygens (including phenoxy) is 1. The van der Waals surface area contributed by atoms with Crippen LogP contribution in [0.5, 0.6) is 5.75 Å². The van der Waals surface area contributed by atoms with Crippen molar-refractivity contribution in [2.24, 2.45) is 5.92 Å². The predicted molar refractivity (Wildman–Crippen MR) is 121 cm³/mol. The topological polar surface area (TPSA) is 67.3 Å². The second kappa shape index (κ2) is 10.1. The second-order valence-electron chi connectivity index (χ2n) is 7.70. The zero-order valence-corrected chi connectivity index (χ0v) is 17.8. The summed E-state index contributed by atoms with van der Waals surface area (Å²) in [5, 5.41) is 3.30. The summed E-state index contributed by atoms with van der Waals surface area (Å²) in [5.41, 5.74) is 2.09. The number of nitrogens with one attached hydrogen (secondary N) is 1. The van der Waals surface area contributed by atoms with Crippen molar-refractivity contribution in [1.29, 1.82) is 0 Å². The van der Waals surface area contributed by atoms with E-state index in [1.165, 1.54) is 0 Å². The summed E-state index contributed by atoms with van der Waals surface area (Å²) < 4.78 is 5.57. The summed E-state index contributed by atoms with van der Waals surface area (Å²) >= 11 is 0. The molecule has 3 aromatic rings. The number of benzene rings is 2. The highest BCUT2D eigenvalue weighted by Gasteiger charge is 2.28. The zero-order valence-electron chi connectivity index (χ0n) is 17.8. The molecule has 1 aliphatic rings. The average Bonchev–Trinajstić information content (AvgIpc) is 2.84. The second-order valence-corrected chi connectivity index (χ2v) is 7.70. The molecule has 0 aliphatic carbocycles. The Morgan fingerprint density at radius 2 is 1.90 bits per heavy atom. The number of amides is 1. The van der Waals surface area contributed by atoms with E-state index in [2.05, 4.69) is 20.2 Å². The number of anilines is 1. The van der Waals surface area contributed by atoms with Gasteiger partial charge in [-0.2, -0.15) is 0 Å². The number of rotatable bonds is 7. The first-order valence-electron chi connectivity index (χ1n) is 10.8. The summed E-state index contributed by atoms with van der Waals surface area (Å²) in [7, 11) is 0. The highest BCUT2D eigenvalue weighted by molar-refractivity contribution is 5.80. The predicted octanol–water partition coefficient (Wildman–Crippen LogP) is 4.00. The van der Waals surface area contributed by atoms with Crippen molar-refractivity contribution < 1.29 is 9.53 Å². The molecule has 0 saturated carbocycles. The van der Waals surface area contributed by atoms with Crippen LogP contribution in [0, 0.1) is 5.92 Å². The quantitative estimate of drug-likeness (QED) is 0.631. The number of carbonyl (C=O) groups excluding carboxylic acids is 1. The van der Waals surface area contributed by atoms with Crippen LogP contribution in [-0.4, -0.2) is 35.6 Å². The zero-order chi connectivity index (χ0) is 21.5. The normalized spacial score (nSPS) is 17.1. The molecule has 0 unspecified atom stereocenters. The molecular formula is C25H28N4O2. The van der Waals surface area contributed by atoms with Gasteiger partial charge in [-0.25, -0.2) is 4.98 Å². The molecule has 1 amide bonds. The van der Waals surface area contributed by atoms with Crippen molar-refractivity contribution in [3.63, 3.8) is 0 Å². The maximum Gasteiger partial charge on any atom is 0.225 e. The third-order valence-corrected chi connectivity index (χ3v) is 5.61. The highest BCUT2D eigenvalue weighted by atomic mass is 16.5. The number of hydrogen-bond donors (Lipinski definition) is 1. The minimum atomic E-state index is -0.212. The maximum atomic E-state index is 13.3. The van der Waals surface area contributed by atoms with Crippen molar-refractivity contribution in [3.05, 3.63) is 84.3 Å². The van der Waals surface area contributed by atoms with Crippen molar-refractivity contribution in [2.75, 3.05) is 24.6 Å². The molecule has 4 rings (SSSR count). The first-order chi connectivity index (χ1) is 15.2. The molecule has 2 aromatic carbocycles. The van der Waals surface area contributed by atoms with E-state index in [4.69, 9.17) is 4.74 Å². The van der Waals surface area contributed by atoms with Crippen LogP contribution in [0.25, 0.3) is 0 Å². The first kappa shape index (κ1) is 20.8. The van der Waals surface area contributed by atoms with E-state index in [1.807, 2.05) is 61.5 Å². The van der Waals surface area contributed by atoms with Crippen LogP contribution in [0.15, 0.2) is 73.2 Å². The van der Waals surface area contributed by atoms with E-state index in [9.17, 15) is 4.79 Å². The van der Waals surface area contributed by atoms with Crippen molar-refractivity contribution in [2.45, 2.75) is 25.8 Å². The number of hydrogen-bond acceptors (Lipinski definition) is 5. The van der Waals surface area contributed by atoms with E-state index in [0.29, 0.717) is 13.2 Å². The molecule has 6 nitrogen and oxygen atoms in total. The Morgan fingerprint density at radius 3 is 2.61 bits per heavy atom.